The molecule has 0 atom stereocenters. The molecular weight excluding hydrogens is 253 g/mol. The monoisotopic (exact) mass is 265 g/mol. The minimum absolute atomic E-state index is 0.116. The maximum absolute atomic E-state index is 13.6. The van der Waals surface area contributed by atoms with Crippen LogP contribution in [0.15, 0.2) is 42.5 Å². The van der Waals surface area contributed by atoms with E-state index in [1.54, 1.807) is 48.3 Å². The van der Waals surface area contributed by atoms with Crippen LogP contribution in [0.2, 0.25) is 5.02 Å². The average Bonchev–Trinajstić information content (AvgIpc) is 2.34. The van der Waals surface area contributed by atoms with Crippen molar-refractivity contribution in [2.24, 2.45) is 0 Å². The molecule has 2 nitrogen and oxygen atoms in total. The van der Waals surface area contributed by atoms with Crippen molar-refractivity contribution in [3.05, 3.63) is 58.9 Å². The number of nitrogens with zero attached hydrogens (tertiary/aromatic N) is 1. The molecule has 0 bridgehead atoms. The Bertz CT molecular complexity index is 539. The van der Waals surface area contributed by atoms with Crippen LogP contribution in [-0.4, -0.2) is 12.2 Å². The van der Waals surface area contributed by atoms with Crippen LogP contribution in [0.3, 0.4) is 0 Å². The predicted octanol–water partition coefficient (Wildman–Crippen LogP) is 3.82. The fourth-order valence-corrected chi connectivity index (χ4v) is 2.02. The van der Waals surface area contributed by atoms with E-state index in [2.05, 4.69) is 0 Å². The minimum Gasteiger partial charge on any atom is -0.508 e. The second-order valence-electron chi connectivity index (χ2n) is 4.04. The van der Waals surface area contributed by atoms with Crippen LogP contribution in [0.5, 0.6) is 5.75 Å². The number of anilines is 1. The number of para-hydroxylation sites is 1. The van der Waals surface area contributed by atoms with E-state index in [9.17, 15) is 9.50 Å². The third kappa shape index (κ3) is 2.57. The van der Waals surface area contributed by atoms with E-state index in [-0.39, 0.29) is 11.6 Å². The lowest BCUT2D eigenvalue weighted by molar-refractivity contribution is 0.467. The zero-order valence-corrected chi connectivity index (χ0v) is 10.7. The summed E-state index contributed by atoms with van der Waals surface area (Å²) in [5, 5.41) is 10.2. The Morgan fingerprint density at radius 3 is 2.56 bits per heavy atom. The highest BCUT2D eigenvalue weighted by Gasteiger charge is 2.12. The fraction of sp³-hybridized carbons (Fsp3) is 0.143. The van der Waals surface area contributed by atoms with Crippen LogP contribution in [0, 0.1) is 5.82 Å². The van der Waals surface area contributed by atoms with Gasteiger partial charge in [0.1, 0.15) is 11.6 Å². The van der Waals surface area contributed by atoms with E-state index >= 15 is 0 Å². The molecule has 0 radical (unpaired) electrons. The molecule has 2 aromatic rings. The number of halogens is 2. The number of hydrogen-bond acceptors (Lipinski definition) is 2. The first kappa shape index (κ1) is 12.7. The van der Waals surface area contributed by atoms with Gasteiger partial charge in [-0.25, -0.2) is 4.39 Å². The first-order valence-electron chi connectivity index (χ1n) is 5.51. The molecule has 2 rings (SSSR count). The van der Waals surface area contributed by atoms with Gasteiger partial charge in [0.15, 0.2) is 0 Å². The van der Waals surface area contributed by atoms with Crippen LogP contribution in [0.4, 0.5) is 10.1 Å². The summed E-state index contributed by atoms with van der Waals surface area (Å²) in [5.74, 6) is -0.183. The molecule has 0 unspecified atom stereocenters. The molecule has 0 aromatic heterocycles. The summed E-state index contributed by atoms with van der Waals surface area (Å²) in [6.45, 7) is 0.340. The summed E-state index contributed by atoms with van der Waals surface area (Å²) in [6.07, 6.45) is 0. The normalized spacial score (nSPS) is 10.4. The van der Waals surface area contributed by atoms with E-state index < -0.39 is 0 Å². The minimum atomic E-state index is -0.299. The molecule has 0 heterocycles. The van der Waals surface area contributed by atoms with Gasteiger partial charge in [-0.3, -0.25) is 0 Å². The standard InChI is InChI=1S/C14H13ClFNO/c1-17(13-7-3-2-6-12(13)16)9-10-11(15)5-4-8-14(10)18/h2-8,18H,9H2,1H3. The topological polar surface area (TPSA) is 23.5 Å². The van der Waals surface area contributed by atoms with Crippen molar-refractivity contribution in [1.29, 1.82) is 0 Å². The quantitative estimate of drug-likeness (QED) is 0.912. The highest BCUT2D eigenvalue weighted by molar-refractivity contribution is 6.31. The molecule has 0 aliphatic carbocycles. The Morgan fingerprint density at radius 2 is 1.89 bits per heavy atom. The molecule has 1 N–H and O–H groups in total. The maximum Gasteiger partial charge on any atom is 0.146 e. The van der Waals surface area contributed by atoms with Gasteiger partial charge < -0.3 is 10.0 Å². The first-order valence-corrected chi connectivity index (χ1v) is 5.89. The van der Waals surface area contributed by atoms with E-state index in [0.717, 1.165) is 0 Å². The first-order chi connectivity index (χ1) is 8.59. The van der Waals surface area contributed by atoms with Gasteiger partial charge in [-0.15, -0.1) is 0 Å². The van der Waals surface area contributed by atoms with Crippen LogP contribution in [-0.2, 0) is 6.54 Å². The summed E-state index contributed by atoms with van der Waals surface area (Å²) >= 11 is 6.02. The average molecular weight is 266 g/mol. The van der Waals surface area contributed by atoms with Gasteiger partial charge in [0.25, 0.3) is 0 Å². The summed E-state index contributed by atoms with van der Waals surface area (Å²) in [4.78, 5) is 1.70. The second-order valence-corrected chi connectivity index (χ2v) is 4.45. The van der Waals surface area contributed by atoms with Gasteiger partial charge in [-0.1, -0.05) is 29.8 Å². The third-order valence-corrected chi connectivity index (χ3v) is 3.11. The van der Waals surface area contributed by atoms with E-state index in [1.807, 2.05) is 0 Å². The lowest BCUT2D eigenvalue weighted by atomic mass is 10.1. The van der Waals surface area contributed by atoms with Gasteiger partial charge in [0, 0.05) is 24.2 Å². The van der Waals surface area contributed by atoms with Crippen molar-refractivity contribution >= 4 is 17.3 Å². The molecule has 0 saturated heterocycles. The zero-order chi connectivity index (χ0) is 13.1. The second kappa shape index (κ2) is 5.27. The Morgan fingerprint density at radius 1 is 1.17 bits per heavy atom. The van der Waals surface area contributed by atoms with E-state index in [1.165, 1.54) is 6.07 Å². The van der Waals surface area contributed by atoms with Crippen molar-refractivity contribution in [2.75, 3.05) is 11.9 Å². The van der Waals surface area contributed by atoms with Crippen molar-refractivity contribution in [3.8, 4) is 5.75 Å². The number of aromatic hydroxyl groups is 1. The molecule has 0 aliphatic heterocycles. The number of rotatable bonds is 3. The Labute approximate surface area is 110 Å². The fourth-order valence-electron chi connectivity index (χ4n) is 1.79. The zero-order valence-electron chi connectivity index (χ0n) is 9.90. The van der Waals surface area contributed by atoms with Crippen molar-refractivity contribution < 1.29 is 9.50 Å². The van der Waals surface area contributed by atoms with Crippen molar-refractivity contribution in [1.82, 2.24) is 0 Å². The van der Waals surface area contributed by atoms with Crippen molar-refractivity contribution in [3.63, 3.8) is 0 Å². The number of phenols is 1. The molecular formula is C14H13ClFNO. The molecule has 0 spiro atoms. The molecule has 0 aliphatic rings. The van der Waals surface area contributed by atoms with Crippen molar-refractivity contribution in [2.45, 2.75) is 6.54 Å². The van der Waals surface area contributed by atoms with E-state index in [4.69, 9.17) is 11.6 Å². The van der Waals surface area contributed by atoms with Crippen LogP contribution in [0.25, 0.3) is 0 Å². The van der Waals surface area contributed by atoms with Crippen LogP contribution in [0.1, 0.15) is 5.56 Å². The predicted molar refractivity (Wildman–Crippen MR) is 71.6 cm³/mol. The van der Waals surface area contributed by atoms with Gasteiger partial charge in [0.05, 0.1) is 5.69 Å². The van der Waals surface area contributed by atoms with Gasteiger partial charge in [-0.2, -0.15) is 0 Å². The number of hydrogen-bond donors (Lipinski definition) is 1. The largest absolute Gasteiger partial charge is 0.508 e. The highest BCUT2D eigenvalue weighted by atomic mass is 35.5. The molecule has 0 saturated carbocycles. The Kier molecular flexibility index (Phi) is 3.72. The molecule has 2 aromatic carbocycles. The SMILES string of the molecule is CN(Cc1c(O)cccc1Cl)c1ccccc1F. The highest BCUT2D eigenvalue weighted by Crippen LogP contribution is 2.28. The summed E-state index contributed by atoms with van der Waals surface area (Å²) in [5.41, 5.74) is 1.06. The van der Waals surface area contributed by atoms with Crippen LogP contribution < -0.4 is 4.90 Å². The molecule has 4 heteroatoms. The lowest BCUT2D eigenvalue weighted by Gasteiger charge is -2.21. The Hall–Kier alpha value is -1.74. The third-order valence-electron chi connectivity index (χ3n) is 2.75. The number of phenolic OH excluding ortho intramolecular Hbond substituents is 1. The Balaban J connectivity index is 2.27. The van der Waals surface area contributed by atoms with Gasteiger partial charge >= 0.3 is 0 Å². The summed E-state index contributed by atoms with van der Waals surface area (Å²) < 4.78 is 13.6. The van der Waals surface area contributed by atoms with Gasteiger partial charge in [0.2, 0.25) is 0 Å². The summed E-state index contributed by atoms with van der Waals surface area (Å²) in [7, 11) is 1.75. The van der Waals surface area contributed by atoms with Crippen LogP contribution >= 0.6 is 11.6 Å². The maximum atomic E-state index is 13.6. The molecule has 0 fully saturated rings. The van der Waals surface area contributed by atoms with E-state index in [0.29, 0.717) is 22.8 Å². The molecule has 0 amide bonds. The summed E-state index contributed by atoms with van der Waals surface area (Å²) in [6, 6.07) is 11.4. The lowest BCUT2D eigenvalue weighted by Crippen LogP contribution is -2.17. The molecule has 18 heavy (non-hydrogen) atoms. The van der Waals surface area contributed by atoms with Gasteiger partial charge in [-0.05, 0) is 24.3 Å². The smallest absolute Gasteiger partial charge is 0.146 e. The number of benzene rings is 2. The molecule has 94 valence electrons.